The molecule has 0 N–H and O–H groups in total. The van der Waals surface area contributed by atoms with Crippen molar-refractivity contribution < 1.29 is 24.8 Å². The molecular weight excluding hydrogens is 196 g/mol. The minimum absolute atomic E-state index is 0. The van der Waals surface area contributed by atoms with Crippen LogP contribution in [0.3, 0.4) is 0 Å². The van der Waals surface area contributed by atoms with Crippen molar-refractivity contribution in [1.82, 2.24) is 0 Å². The summed E-state index contributed by atoms with van der Waals surface area (Å²) in [5.41, 5.74) is 0. The third-order valence-corrected chi connectivity index (χ3v) is 0. The summed E-state index contributed by atoms with van der Waals surface area (Å²) in [6.45, 7) is 0. The van der Waals surface area contributed by atoms with Gasteiger partial charge in [-0.15, -0.1) is 0 Å². The molecule has 0 unspecified atom stereocenters. The van der Waals surface area contributed by atoms with E-state index in [4.69, 9.17) is 20.1 Å². The number of rotatable bonds is 0. The van der Waals surface area contributed by atoms with Gasteiger partial charge in [-0.3, -0.25) is 0 Å². The predicted octanol–water partition coefficient (Wildman–Crippen LogP) is -5.37. The molecule has 0 atom stereocenters. The van der Waals surface area contributed by atoms with E-state index in [-0.39, 0.29) is 55.6 Å². The molecule has 6 heavy (non-hydrogen) atoms. The fraction of sp³-hybridized carbons (Fsp3) is 0. The number of halogens is 4. The Hall–Kier alpha value is 2.22. The molecule has 6 heteroatoms. The van der Waals surface area contributed by atoms with Gasteiger partial charge in [-0.05, 0) is 0 Å². The summed E-state index contributed by atoms with van der Waals surface area (Å²) >= 11 is -0.306. The first-order valence-electron chi connectivity index (χ1n) is 0.436. The standard InChI is InChI=1S/2Al.4ClH/h;;4*1H/q2*+3;;;;/p-4. The van der Waals surface area contributed by atoms with Crippen molar-refractivity contribution in [3.05, 3.63) is 0 Å². The van der Waals surface area contributed by atoms with E-state index in [1.54, 1.807) is 0 Å². The van der Waals surface area contributed by atoms with Crippen LogP contribution in [-0.4, -0.2) is 30.7 Å². The van der Waals surface area contributed by atoms with E-state index >= 15 is 0 Å². The average molecular weight is 196 g/mol. The molecule has 0 aromatic carbocycles. The minimum atomic E-state index is -0.306. The first-order valence-corrected chi connectivity index (χ1v) is 3.93. The van der Waals surface area contributed by atoms with Gasteiger partial charge in [0.05, 0.1) is 0 Å². The number of hydrogen-bond acceptors (Lipinski definition) is 0. The van der Waals surface area contributed by atoms with Crippen molar-refractivity contribution in [2.45, 2.75) is 0 Å². The van der Waals surface area contributed by atoms with E-state index in [0.717, 1.165) is 0 Å². The van der Waals surface area contributed by atoms with Crippen LogP contribution in [-0.2, 0) is 0 Å². The Morgan fingerprint density at radius 1 is 1.00 bits per heavy atom. The van der Waals surface area contributed by atoms with Crippen LogP contribution >= 0.6 is 20.1 Å². The van der Waals surface area contributed by atoms with Crippen LogP contribution in [0.2, 0.25) is 0 Å². The average Bonchev–Trinajstić information content (AvgIpc) is 0.918. The van der Waals surface area contributed by atoms with Crippen molar-refractivity contribution >= 4 is 50.8 Å². The van der Waals surface area contributed by atoms with Gasteiger partial charge in [0, 0.05) is 0 Å². The van der Waals surface area contributed by atoms with Gasteiger partial charge in [-0.25, -0.2) is 0 Å². The Morgan fingerprint density at radius 3 is 1.00 bits per heavy atom. The van der Waals surface area contributed by atoms with E-state index < -0.39 is 0 Å². The molecule has 0 aliphatic rings. The van der Waals surface area contributed by atoms with E-state index in [9.17, 15) is 0 Å². The molecule has 0 bridgehead atoms. The van der Waals surface area contributed by atoms with Crippen molar-refractivity contribution in [2.24, 2.45) is 0 Å². The maximum atomic E-state index is 4.85. The van der Waals surface area contributed by atoms with Gasteiger partial charge in [0.2, 0.25) is 0 Å². The molecule has 0 nitrogen and oxygen atoms in total. The van der Waals surface area contributed by atoms with Crippen LogP contribution in [0, 0.1) is 0 Å². The van der Waals surface area contributed by atoms with E-state index in [1.165, 1.54) is 0 Å². The van der Waals surface area contributed by atoms with Gasteiger partial charge in [0.1, 0.15) is 0 Å². The van der Waals surface area contributed by atoms with Crippen molar-refractivity contribution in [3.63, 3.8) is 0 Å². The molecule has 0 spiro atoms. The molecule has 0 saturated heterocycles. The Kier molecular flexibility index (Phi) is 108. The molecule has 0 aliphatic heterocycles. The van der Waals surface area contributed by atoms with Gasteiger partial charge in [0.15, 0.2) is 0 Å². The second-order valence-corrected chi connectivity index (χ2v) is 2.23. The van der Waals surface area contributed by atoms with Crippen molar-refractivity contribution in [3.8, 4) is 0 Å². The summed E-state index contributed by atoms with van der Waals surface area (Å²) in [7, 11) is 9.69. The fourth-order valence-electron chi connectivity index (χ4n) is 0. The third kappa shape index (κ3) is 34.3. The molecule has 0 aromatic heterocycles. The van der Waals surface area contributed by atoms with E-state index in [0.29, 0.717) is 0 Å². The Bertz CT molecular complexity index is 5.51. The van der Waals surface area contributed by atoms with Gasteiger partial charge in [0.25, 0.3) is 0 Å². The molecule has 0 radical (unpaired) electrons. The van der Waals surface area contributed by atoms with Crippen molar-refractivity contribution in [1.29, 1.82) is 0 Å². The van der Waals surface area contributed by atoms with Gasteiger partial charge < -0.3 is 24.8 Å². The molecule has 0 aromatic rings. The molecule has 32 valence electrons. The van der Waals surface area contributed by atoms with Crippen LogP contribution in [0.1, 0.15) is 0 Å². The SMILES string of the molecule is [Al+3].[Cl-].[Cl-].[Cl][Al+][Cl]. The molecule has 0 fully saturated rings. The third-order valence-electron chi connectivity index (χ3n) is 0. The molecule has 0 heterocycles. The van der Waals surface area contributed by atoms with Gasteiger partial charge in [-0.2, -0.15) is 0 Å². The maximum absolute atomic E-state index is 4.85. The second-order valence-electron chi connectivity index (χ2n) is 0.0825. The first kappa shape index (κ1) is 24.1. The normalized spacial score (nSPS) is 1.67. The summed E-state index contributed by atoms with van der Waals surface area (Å²) in [4.78, 5) is 0. The Morgan fingerprint density at radius 2 is 1.00 bits per heavy atom. The van der Waals surface area contributed by atoms with Crippen LogP contribution in [0.25, 0.3) is 0 Å². The quantitative estimate of drug-likeness (QED) is 0.339. The van der Waals surface area contributed by atoms with Crippen molar-refractivity contribution in [2.75, 3.05) is 0 Å². The molecular formula is Al2Cl4+2. The zero-order valence-corrected chi connectivity index (χ0v) is 8.00. The van der Waals surface area contributed by atoms with Gasteiger partial charge in [-0.1, -0.05) is 0 Å². The number of hydrogen-bond donors (Lipinski definition) is 0. The summed E-state index contributed by atoms with van der Waals surface area (Å²) in [6.07, 6.45) is 0. The fourth-order valence-corrected chi connectivity index (χ4v) is 0. The first-order chi connectivity index (χ1) is 1.41. The predicted molar refractivity (Wildman–Crippen MR) is 23.2 cm³/mol. The van der Waals surface area contributed by atoms with Crippen LogP contribution in [0.5, 0.6) is 0 Å². The Balaban J connectivity index is -0.00000000667. The van der Waals surface area contributed by atoms with E-state index in [1.807, 2.05) is 0 Å². The summed E-state index contributed by atoms with van der Waals surface area (Å²) in [5, 5.41) is 0. The van der Waals surface area contributed by atoms with Crippen LogP contribution < -0.4 is 24.8 Å². The van der Waals surface area contributed by atoms with Crippen LogP contribution in [0.15, 0.2) is 0 Å². The summed E-state index contributed by atoms with van der Waals surface area (Å²) in [5.74, 6) is 0. The topological polar surface area (TPSA) is 0 Å². The second kappa shape index (κ2) is 26.9. The molecule has 0 amide bonds. The molecule has 0 rings (SSSR count). The monoisotopic (exact) mass is 194 g/mol. The molecule has 0 saturated carbocycles. The summed E-state index contributed by atoms with van der Waals surface area (Å²) < 4.78 is 0. The zero-order chi connectivity index (χ0) is 2.71. The Labute approximate surface area is 75.0 Å². The van der Waals surface area contributed by atoms with Gasteiger partial charge >= 0.3 is 50.8 Å². The molecule has 0 aliphatic carbocycles. The summed E-state index contributed by atoms with van der Waals surface area (Å²) in [6, 6.07) is 0. The van der Waals surface area contributed by atoms with E-state index in [2.05, 4.69) is 0 Å². The zero-order valence-electron chi connectivity index (χ0n) is 2.67. The van der Waals surface area contributed by atoms with Crippen LogP contribution in [0.4, 0.5) is 0 Å².